The molecule has 0 N–H and O–H groups in total. The first kappa shape index (κ1) is 12.5. The first-order valence-corrected chi connectivity index (χ1v) is 5.19. The molecule has 2 aliphatic rings. The van der Waals surface area contributed by atoms with Gasteiger partial charge in [-0.05, 0) is 31.9 Å². The summed E-state index contributed by atoms with van der Waals surface area (Å²) in [4.78, 5) is 19.9. The van der Waals surface area contributed by atoms with Crippen molar-refractivity contribution in [2.45, 2.75) is 9.78 Å². The van der Waals surface area contributed by atoms with Gasteiger partial charge in [-0.15, -0.1) is 0 Å². The van der Waals surface area contributed by atoms with Crippen LogP contribution < -0.4 is 0 Å². The van der Waals surface area contributed by atoms with Crippen molar-refractivity contribution in [2.24, 2.45) is 0 Å². The van der Waals surface area contributed by atoms with Gasteiger partial charge < -0.3 is 18.9 Å². The SMILES string of the molecule is O=C1OCC(Br)(Br)O1.O=C1OCC(F)O1. The number of ether oxygens (including phenoxy) is 4. The lowest BCUT2D eigenvalue weighted by atomic mass is 10.8. The zero-order valence-corrected chi connectivity index (χ0v) is 10.2. The second-order valence-corrected chi connectivity index (χ2v) is 5.99. The van der Waals surface area contributed by atoms with E-state index in [4.69, 9.17) is 0 Å². The fourth-order valence-corrected chi connectivity index (χ4v) is 1.12. The largest absolute Gasteiger partial charge is 0.511 e. The molecule has 2 aliphatic heterocycles. The van der Waals surface area contributed by atoms with Crippen LogP contribution in [-0.4, -0.2) is 35.3 Å². The smallest absolute Gasteiger partial charge is 0.428 e. The van der Waals surface area contributed by atoms with Crippen LogP contribution in [0, 0.1) is 0 Å². The third-order valence-electron chi connectivity index (χ3n) is 1.15. The van der Waals surface area contributed by atoms with E-state index >= 15 is 0 Å². The number of rotatable bonds is 0. The van der Waals surface area contributed by atoms with Crippen molar-refractivity contribution in [1.82, 2.24) is 0 Å². The van der Waals surface area contributed by atoms with E-state index in [1.807, 2.05) is 0 Å². The first-order chi connectivity index (χ1) is 6.89. The average molecular weight is 352 g/mol. The summed E-state index contributed by atoms with van der Waals surface area (Å²) < 4.78 is 27.6. The molecule has 1 atom stereocenters. The van der Waals surface area contributed by atoms with Crippen molar-refractivity contribution in [2.75, 3.05) is 13.2 Å². The summed E-state index contributed by atoms with van der Waals surface area (Å²) in [7, 11) is 0. The Morgan fingerprint density at radius 2 is 1.93 bits per heavy atom. The number of hydrogen-bond donors (Lipinski definition) is 0. The summed E-state index contributed by atoms with van der Waals surface area (Å²) in [6, 6.07) is 0. The Balaban J connectivity index is 0.000000151. The highest BCUT2D eigenvalue weighted by Gasteiger charge is 2.36. The maximum Gasteiger partial charge on any atom is 0.511 e. The van der Waals surface area contributed by atoms with Gasteiger partial charge in [-0.3, -0.25) is 0 Å². The average Bonchev–Trinajstić information content (AvgIpc) is 2.59. The normalized spacial score (nSPS) is 26.7. The maximum atomic E-state index is 11.6. The molecule has 15 heavy (non-hydrogen) atoms. The van der Waals surface area contributed by atoms with Gasteiger partial charge in [0.25, 0.3) is 9.78 Å². The Morgan fingerprint density at radius 3 is 2.07 bits per heavy atom. The summed E-state index contributed by atoms with van der Waals surface area (Å²) in [5.74, 6) is 0. The molecule has 0 aromatic rings. The monoisotopic (exact) mass is 350 g/mol. The molecule has 2 rings (SSSR count). The molecule has 0 radical (unpaired) electrons. The van der Waals surface area contributed by atoms with Crippen molar-refractivity contribution in [3.63, 3.8) is 0 Å². The van der Waals surface area contributed by atoms with Crippen LogP contribution in [0.3, 0.4) is 0 Å². The molecule has 0 aromatic heterocycles. The standard InChI is InChI=1S/C3H2Br2O3.C3H3FO3/c4-3(5)1-7-2(6)8-3;4-2-1-6-3(5)7-2/h1H2;2H,1H2. The molecule has 0 amide bonds. The second kappa shape index (κ2) is 4.97. The van der Waals surface area contributed by atoms with Crippen LogP contribution in [-0.2, 0) is 18.9 Å². The molecular weight excluding hydrogens is 347 g/mol. The van der Waals surface area contributed by atoms with E-state index in [9.17, 15) is 14.0 Å². The highest BCUT2D eigenvalue weighted by Crippen LogP contribution is 2.32. The molecule has 1 unspecified atom stereocenters. The molecule has 9 heteroatoms. The zero-order valence-electron chi connectivity index (χ0n) is 7.07. The summed E-state index contributed by atoms with van der Waals surface area (Å²) in [6.45, 7) is -0.0648. The predicted molar refractivity (Wildman–Crippen MR) is 50.3 cm³/mol. The van der Waals surface area contributed by atoms with E-state index in [1.54, 1.807) is 0 Å². The minimum Gasteiger partial charge on any atom is -0.428 e. The Morgan fingerprint density at radius 1 is 1.27 bits per heavy atom. The quantitative estimate of drug-likeness (QED) is 0.491. The minimum atomic E-state index is -1.55. The van der Waals surface area contributed by atoms with Crippen molar-refractivity contribution in [3.8, 4) is 0 Å². The van der Waals surface area contributed by atoms with E-state index in [2.05, 4.69) is 50.8 Å². The van der Waals surface area contributed by atoms with Crippen LogP contribution in [0.4, 0.5) is 14.0 Å². The molecule has 2 saturated heterocycles. The molecule has 2 heterocycles. The van der Waals surface area contributed by atoms with Gasteiger partial charge in [0.1, 0.15) is 0 Å². The zero-order chi connectivity index (χ0) is 11.5. The van der Waals surface area contributed by atoms with Gasteiger partial charge >= 0.3 is 12.3 Å². The van der Waals surface area contributed by atoms with E-state index in [0.29, 0.717) is 0 Å². The van der Waals surface area contributed by atoms with Crippen LogP contribution >= 0.6 is 31.9 Å². The van der Waals surface area contributed by atoms with Crippen LogP contribution in [0.5, 0.6) is 0 Å². The highest BCUT2D eigenvalue weighted by atomic mass is 79.9. The molecule has 86 valence electrons. The van der Waals surface area contributed by atoms with Gasteiger partial charge in [-0.1, -0.05) is 0 Å². The first-order valence-electron chi connectivity index (χ1n) is 3.60. The topological polar surface area (TPSA) is 71.1 Å². The lowest BCUT2D eigenvalue weighted by Crippen LogP contribution is -2.11. The van der Waals surface area contributed by atoms with Crippen LogP contribution in [0.1, 0.15) is 0 Å². The Kier molecular flexibility index (Phi) is 4.14. The summed E-state index contributed by atoms with van der Waals surface area (Å²) in [5.41, 5.74) is 0. The minimum absolute atomic E-state index is 0.200. The molecule has 6 nitrogen and oxygen atoms in total. The number of halogens is 3. The van der Waals surface area contributed by atoms with E-state index in [1.165, 1.54) is 0 Å². The molecule has 0 aliphatic carbocycles. The van der Waals surface area contributed by atoms with Gasteiger partial charge in [-0.25, -0.2) is 9.59 Å². The maximum absolute atomic E-state index is 11.6. The van der Waals surface area contributed by atoms with Crippen molar-refractivity contribution in [3.05, 3.63) is 0 Å². The predicted octanol–water partition coefficient (Wildman–Crippen LogP) is 2.05. The Labute approximate surface area is 100 Å². The van der Waals surface area contributed by atoms with Gasteiger partial charge in [-0.2, -0.15) is 4.39 Å². The Hall–Kier alpha value is -0.570. The highest BCUT2D eigenvalue weighted by molar-refractivity contribution is 9.25. The van der Waals surface area contributed by atoms with Crippen LogP contribution in [0.25, 0.3) is 0 Å². The molecule has 0 saturated carbocycles. The van der Waals surface area contributed by atoms with Crippen LogP contribution in [0.15, 0.2) is 0 Å². The third kappa shape index (κ3) is 4.65. The van der Waals surface area contributed by atoms with E-state index in [-0.39, 0.29) is 13.2 Å². The lowest BCUT2D eigenvalue weighted by molar-refractivity contribution is 0.0572. The summed E-state index contributed by atoms with van der Waals surface area (Å²) in [5, 5.41) is 0. The molecule has 2 fully saturated rings. The molecule has 0 spiro atoms. The molecule has 0 aromatic carbocycles. The van der Waals surface area contributed by atoms with E-state index < -0.39 is 22.1 Å². The number of carbonyl (C=O) groups excluding carboxylic acids is 2. The number of cyclic esters (lactones) is 4. The van der Waals surface area contributed by atoms with Crippen LogP contribution in [0.2, 0.25) is 0 Å². The van der Waals surface area contributed by atoms with E-state index in [0.717, 1.165) is 0 Å². The van der Waals surface area contributed by atoms with Gasteiger partial charge in [0.15, 0.2) is 13.2 Å². The number of carbonyl (C=O) groups is 2. The van der Waals surface area contributed by atoms with Gasteiger partial charge in [0.05, 0.1) is 0 Å². The molecule has 0 bridgehead atoms. The van der Waals surface area contributed by atoms with Crippen molar-refractivity contribution < 1.29 is 32.9 Å². The van der Waals surface area contributed by atoms with Crippen molar-refractivity contribution >= 4 is 44.2 Å². The molecular formula is C6H5Br2FO6. The fraction of sp³-hybridized carbons (Fsp3) is 0.667. The fourth-order valence-electron chi connectivity index (χ4n) is 0.630. The second-order valence-electron chi connectivity index (χ2n) is 2.37. The number of hydrogen-bond acceptors (Lipinski definition) is 6. The Bertz CT molecular complexity index is 270. The third-order valence-corrected chi connectivity index (χ3v) is 1.93. The summed E-state index contributed by atoms with van der Waals surface area (Å²) in [6.07, 6.45) is -3.13. The van der Waals surface area contributed by atoms with Gasteiger partial charge in [0, 0.05) is 0 Å². The number of alkyl halides is 3. The van der Waals surface area contributed by atoms with Crippen molar-refractivity contribution in [1.29, 1.82) is 0 Å². The van der Waals surface area contributed by atoms with Gasteiger partial charge in [0.2, 0.25) is 0 Å². The summed E-state index contributed by atoms with van der Waals surface area (Å²) >= 11 is 6.06. The lowest BCUT2D eigenvalue weighted by Gasteiger charge is -2.04.